The van der Waals surface area contributed by atoms with Crippen LogP contribution < -0.4 is 10.6 Å². The summed E-state index contributed by atoms with van der Waals surface area (Å²) in [6, 6.07) is 5.19. The monoisotopic (exact) mass is 291 g/mol. The number of aryl methyl sites for hydroxylation is 1. The molecule has 0 aromatic heterocycles. The lowest BCUT2D eigenvalue weighted by molar-refractivity contribution is 0.0696. The van der Waals surface area contributed by atoms with Crippen LogP contribution in [0.2, 0.25) is 0 Å². The molecule has 1 aliphatic rings. The molecule has 0 spiro atoms. The lowest BCUT2D eigenvalue weighted by Gasteiger charge is -2.16. The number of carbonyl (C=O) groups excluding carboxylic acids is 1. The highest BCUT2D eigenvalue weighted by Gasteiger charge is 2.25. The van der Waals surface area contributed by atoms with Gasteiger partial charge in [-0.1, -0.05) is 6.07 Å². The molecule has 0 atom stereocenters. The summed E-state index contributed by atoms with van der Waals surface area (Å²) in [5.41, 5.74) is 1.34. The van der Waals surface area contributed by atoms with Crippen molar-refractivity contribution in [3.05, 3.63) is 29.3 Å². The van der Waals surface area contributed by atoms with Crippen LogP contribution in [0.15, 0.2) is 18.2 Å². The van der Waals surface area contributed by atoms with Crippen LogP contribution in [0.1, 0.15) is 28.8 Å². The van der Waals surface area contributed by atoms with Gasteiger partial charge in [0.05, 0.1) is 5.56 Å². The SMILES string of the molecule is Cc1ccc(NC(=O)NCCN(C)C2CC2)cc1C(=O)O. The van der Waals surface area contributed by atoms with Crippen molar-refractivity contribution in [3.63, 3.8) is 0 Å². The van der Waals surface area contributed by atoms with Crippen molar-refractivity contribution in [2.75, 3.05) is 25.5 Å². The summed E-state index contributed by atoms with van der Waals surface area (Å²) >= 11 is 0. The van der Waals surface area contributed by atoms with E-state index >= 15 is 0 Å². The number of hydrogen-bond donors (Lipinski definition) is 3. The molecule has 1 aromatic rings. The van der Waals surface area contributed by atoms with Gasteiger partial charge in [-0.15, -0.1) is 0 Å². The van der Waals surface area contributed by atoms with E-state index in [0.717, 1.165) is 6.54 Å². The number of rotatable bonds is 6. The maximum Gasteiger partial charge on any atom is 0.336 e. The molecule has 2 amide bonds. The molecule has 6 nitrogen and oxygen atoms in total. The summed E-state index contributed by atoms with van der Waals surface area (Å²) in [7, 11) is 2.05. The molecule has 1 saturated carbocycles. The fraction of sp³-hybridized carbons (Fsp3) is 0.467. The molecule has 0 unspecified atom stereocenters. The number of anilines is 1. The zero-order valence-electron chi connectivity index (χ0n) is 12.3. The van der Waals surface area contributed by atoms with Crippen molar-refractivity contribution in [2.45, 2.75) is 25.8 Å². The number of likely N-dealkylation sites (N-methyl/N-ethyl adjacent to an activating group) is 1. The Morgan fingerprint density at radius 3 is 2.71 bits per heavy atom. The van der Waals surface area contributed by atoms with E-state index in [1.807, 2.05) is 0 Å². The van der Waals surface area contributed by atoms with Crippen molar-refractivity contribution < 1.29 is 14.7 Å². The molecule has 0 heterocycles. The van der Waals surface area contributed by atoms with Crippen LogP contribution >= 0.6 is 0 Å². The van der Waals surface area contributed by atoms with Crippen molar-refractivity contribution in [3.8, 4) is 0 Å². The number of urea groups is 1. The highest BCUT2D eigenvalue weighted by Crippen LogP contribution is 2.24. The number of nitrogens with one attached hydrogen (secondary N) is 2. The van der Waals surface area contributed by atoms with E-state index in [0.29, 0.717) is 23.8 Å². The Morgan fingerprint density at radius 1 is 1.38 bits per heavy atom. The standard InChI is InChI=1S/C15H21N3O3/c1-10-3-4-11(9-13(10)14(19)20)17-15(21)16-7-8-18(2)12-5-6-12/h3-4,9,12H,5-8H2,1-2H3,(H,19,20)(H2,16,17,21). The molecule has 2 rings (SSSR count). The number of benzene rings is 1. The summed E-state index contributed by atoms with van der Waals surface area (Å²) in [5.74, 6) is -0.998. The minimum atomic E-state index is -0.998. The van der Waals surface area contributed by atoms with Gasteiger partial charge in [0.1, 0.15) is 0 Å². The van der Waals surface area contributed by atoms with E-state index in [-0.39, 0.29) is 11.6 Å². The van der Waals surface area contributed by atoms with Gasteiger partial charge in [0.15, 0.2) is 0 Å². The maximum absolute atomic E-state index is 11.8. The topological polar surface area (TPSA) is 81.7 Å². The zero-order valence-corrected chi connectivity index (χ0v) is 12.3. The van der Waals surface area contributed by atoms with Crippen LogP contribution in [-0.2, 0) is 0 Å². The number of amides is 2. The van der Waals surface area contributed by atoms with Crippen LogP contribution in [0.3, 0.4) is 0 Å². The predicted octanol–water partition coefficient (Wildman–Crippen LogP) is 1.91. The van der Waals surface area contributed by atoms with Crippen LogP contribution in [0, 0.1) is 6.92 Å². The largest absolute Gasteiger partial charge is 0.478 e. The van der Waals surface area contributed by atoms with Gasteiger partial charge in [-0.2, -0.15) is 0 Å². The summed E-state index contributed by atoms with van der Waals surface area (Å²) in [6.45, 7) is 3.10. The lowest BCUT2D eigenvalue weighted by Crippen LogP contribution is -2.36. The van der Waals surface area contributed by atoms with Crippen molar-refractivity contribution in [1.29, 1.82) is 0 Å². The molecule has 0 aliphatic heterocycles. The molecular formula is C15H21N3O3. The van der Waals surface area contributed by atoms with E-state index in [1.165, 1.54) is 18.9 Å². The number of hydrogen-bond acceptors (Lipinski definition) is 3. The first kappa shape index (κ1) is 15.3. The highest BCUT2D eigenvalue weighted by atomic mass is 16.4. The molecule has 114 valence electrons. The Morgan fingerprint density at radius 2 is 2.10 bits per heavy atom. The van der Waals surface area contributed by atoms with Gasteiger partial charge in [-0.05, 0) is 44.5 Å². The Hall–Kier alpha value is -2.08. The van der Waals surface area contributed by atoms with Gasteiger partial charge in [0.25, 0.3) is 0 Å². The summed E-state index contributed by atoms with van der Waals surface area (Å²) in [5, 5.41) is 14.5. The first-order valence-corrected chi connectivity index (χ1v) is 7.06. The smallest absolute Gasteiger partial charge is 0.336 e. The fourth-order valence-corrected chi connectivity index (χ4v) is 2.15. The number of carbonyl (C=O) groups is 2. The van der Waals surface area contributed by atoms with E-state index < -0.39 is 5.97 Å². The third-order valence-corrected chi connectivity index (χ3v) is 3.65. The minimum absolute atomic E-state index is 0.196. The van der Waals surface area contributed by atoms with Crippen molar-refractivity contribution in [2.24, 2.45) is 0 Å². The van der Waals surface area contributed by atoms with E-state index in [9.17, 15) is 9.59 Å². The molecule has 6 heteroatoms. The summed E-state index contributed by atoms with van der Waals surface area (Å²) in [4.78, 5) is 25.0. The molecule has 1 fully saturated rings. The number of carboxylic acids is 1. The van der Waals surface area contributed by atoms with Gasteiger partial charge in [0.2, 0.25) is 0 Å². The van der Waals surface area contributed by atoms with Gasteiger partial charge in [0, 0.05) is 24.8 Å². The third kappa shape index (κ3) is 4.46. The lowest BCUT2D eigenvalue weighted by atomic mass is 10.1. The van der Waals surface area contributed by atoms with Crippen LogP contribution in [0.25, 0.3) is 0 Å². The fourth-order valence-electron chi connectivity index (χ4n) is 2.15. The molecule has 21 heavy (non-hydrogen) atoms. The molecule has 1 aliphatic carbocycles. The zero-order chi connectivity index (χ0) is 15.4. The molecule has 3 N–H and O–H groups in total. The highest BCUT2D eigenvalue weighted by molar-refractivity contribution is 5.94. The summed E-state index contributed by atoms with van der Waals surface area (Å²) in [6.07, 6.45) is 2.48. The summed E-state index contributed by atoms with van der Waals surface area (Å²) < 4.78 is 0. The van der Waals surface area contributed by atoms with E-state index in [2.05, 4.69) is 22.6 Å². The molecular weight excluding hydrogens is 270 g/mol. The molecule has 1 aromatic carbocycles. The second-order valence-corrected chi connectivity index (χ2v) is 5.43. The first-order chi connectivity index (χ1) is 9.97. The Kier molecular flexibility index (Phi) is 4.80. The van der Waals surface area contributed by atoms with Crippen LogP contribution in [0.5, 0.6) is 0 Å². The average molecular weight is 291 g/mol. The van der Waals surface area contributed by atoms with Crippen LogP contribution in [-0.4, -0.2) is 48.2 Å². The van der Waals surface area contributed by atoms with Gasteiger partial charge in [-0.3, -0.25) is 0 Å². The number of nitrogens with zero attached hydrogens (tertiary/aromatic N) is 1. The molecule has 0 bridgehead atoms. The average Bonchev–Trinajstić information content (AvgIpc) is 3.25. The van der Waals surface area contributed by atoms with Gasteiger partial charge >= 0.3 is 12.0 Å². The first-order valence-electron chi connectivity index (χ1n) is 7.06. The van der Waals surface area contributed by atoms with Crippen molar-refractivity contribution in [1.82, 2.24) is 10.2 Å². The second-order valence-electron chi connectivity index (χ2n) is 5.43. The quantitative estimate of drug-likeness (QED) is 0.748. The number of aromatic carboxylic acids is 1. The van der Waals surface area contributed by atoms with Gasteiger partial charge in [-0.25, -0.2) is 9.59 Å². The van der Waals surface area contributed by atoms with E-state index in [1.54, 1.807) is 19.1 Å². The minimum Gasteiger partial charge on any atom is -0.478 e. The predicted molar refractivity (Wildman–Crippen MR) is 80.8 cm³/mol. The third-order valence-electron chi connectivity index (χ3n) is 3.65. The number of carboxylic acid groups (broad SMARTS) is 1. The van der Waals surface area contributed by atoms with Crippen molar-refractivity contribution >= 4 is 17.7 Å². The Balaban J connectivity index is 1.81. The molecule has 0 saturated heterocycles. The Labute approximate surface area is 124 Å². The van der Waals surface area contributed by atoms with Gasteiger partial charge < -0.3 is 20.6 Å². The normalized spacial score (nSPS) is 14.0. The van der Waals surface area contributed by atoms with Crippen LogP contribution in [0.4, 0.5) is 10.5 Å². The molecule has 0 radical (unpaired) electrons. The van der Waals surface area contributed by atoms with E-state index in [4.69, 9.17) is 5.11 Å². The Bertz CT molecular complexity index is 541. The second kappa shape index (κ2) is 6.58. The maximum atomic E-state index is 11.8.